The highest BCUT2D eigenvalue weighted by Crippen LogP contribution is 2.20. The highest BCUT2D eigenvalue weighted by Gasteiger charge is 2.17. The summed E-state index contributed by atoms with van der Waals surface area (Å²) in [5, 5.41) is 2.70. The standard InChI is InChI=1S/C15H22N2O3/c1-15(2,3)20-14(19)16-13-8-11(10-18)6-7-12(13)9-17(4)5/h6-8,10H,9H2,1-5H3,(H,16,19). The Labute approximate surface area is 119 Å². The van der Waals surface area contributed by atoms with Gasteiger partial charge in [-0.1, -0.05) is 12.1 Å². The molecule has 1 aromatic rings. The number of hydrogen-bond donors (Lipinski definition) is 1. The predicted octanol–water partition coefficient (Wildman–Crippen LogP) is 2.91. The van der Waals surface area contributed by atoms with Crippen LogP contribution in [0.25, 0.3) is 0 Å². The molecule has 0 saturated carbocycles. The van der Waals surface area contributed by atoms with E-state index >= 15 is 0 Å². The minimum atomic E-state index is -0.561. The van der Waals surface area contributed by atoms with Gasteiger partial charge in [0.2, 0.25) is 0 Å². The number of rotatable bonds is 4. The lowest BCUT2D eigenvalue weighted by atomic mass is 10.1. The van der Waals surface area contributed by atoms with Gasteiger partial charge in [0.25, 0.3) is 0 Å². The molecule has 20 heavy (non-hydrogen) atoms. The van der Waals surface area contributed by atoms with Gasteiger partial charge in [0.15, 0.2) is 0 Å². The summed E-state index contributed by atoms with van der Waals surface area (Å²) in [6.07, 6.45) is 0.222. The molecule has 1 aromatic carbocycles. The number of hydrogen-bond acceptors (Lipinski definition) is 4. The molecule has 0 aliphatic heterocycles. The Kier molecular flexibility index (Phi) is 5.27. The molecule has 5 nitrogen and oxygen atoms in total. The molecule has 0 saturated heterocycles. The maximum atomic E-state index is 11.8. The zero-order valence-corrected chi connectivity index (χ0v) is 12.7. The number of amides is 1. The molecular weight excluding hydrogens is 256 g/mol. The van der Waals surface area contributed by atoms with E-state index in [2.05, 4.69) is 5.32 Å². The summed E-state index contributed by atoms with van der Waals surface area (Å²) < 4.78 is 5.22. The summed E-state index contributed by atoms with van der Waals surface area (Å²) in [6, 6.07) is 5.21. The van der Waals surface area contributed by atoms with Gasteiger partial charge in [-0.05, 0) is 46.5 Å². The second-order valence-electron chi connectivity index (χ2n) is 5.90. The summed E-state index contributed by atoms with van der Waals surface area (Å²) >= 11 is 0. The molecule has 0 bridgehead atoms. The zero-order valence-electron chi connectivity index (χ0n) is 12.7. The van der Waals surface area contributed by atoms with E-state index in [-0.39, 0.29) is 0 Å². The van der Waals surface area contributed by atoms with E-state index in [1.54, 1.807) is 32.9 Å². The molecule has 1 N–H and O–H groups in total. The van der Waals surface area contributed by atoms with Crippen molar-refractivity contribution in [3.8, 4) is 0 Å². The molecule has 0 radical (unpaired) electrons. The molecule has 5 heteroatoms. The van der Waals surface area contributed by atoms with Gasteiger partial charge in [0.1, 0.15) is 11.9 Å². The molecule has 1 amide bonds. The average Bonchev–Trinajstić information content (AvgIpc) is 2.28. The van der Waals surface area contributed by atoms with Crippen LogP contribution in [0.5, 0.6) is 0 Å². The van der Waals surface area contributed by atoms with E-state index in [1.165, 1.54) is 0 Å². The Bertz CT molecular complexity index is 490. The number of benzene rings is 1. The van der Waals surface area contributed by atoms with Crippen molar-refractivity contribution in [3.05, 3.63) is 29.3 Å². The van der Waals surface area contributed by atoms with Crippen LogP contribution in [0, 0.1) is 0 Å². The largest absolute Gasteiger partial charge is 0.444 e. The molecule has 0 aromatic heterocycles. The fourth-order valence-electron chi connectivity index (χ4n) is 1.68. The Morgan fingerprint density at radius 2 is 2.00 bits per heavy atom. The van der Waals surface area contributed by atoms with E-state index in [9.17, 15) is 9.59 Å². The zero-order chi connectivity index (χ0) is 15.3. The van der Waals surface area contributed by atoms with Gasteiger partial charge < -0.3 is 9.64 Å². The third-order valence-corrected chi connectivity index (χ3v) is 2.39. The van der Waals surface area contributed by atoms with E-state index in [1.807, 2.05) is 25.1 Å². The van der Waals surface area contributed by atoms with Crippen molar-refractivity contribution in [3.63, 3.8) is 0 Å². The number of aldehydes is 1. The monoisotopic (exact) mass is 278 g/mol. The lowest BCUT2D eigenvalue weighted by Gasteiger charge is -2.21. The fourth-order valence-corrected chi connectivity index (χ4v) is 1.68. The number of nitrogens with one attached hydrogen (secondary N) is 1. The quantitative estimate of drug-likeness (QED) is 0.860. The lowest BCUT2D eigenvalue weighted by Crippen LogP contribution is -2.27. The smallest absolute Gasteiger partial charge is 0.412 e. The van der Waals surface area contributed by atoms with Crippen molar-refractivity contribution < 1.29 is 14.3 Å². The normalized spacial score (nSPS) is 11.3. The van der Waals surface area contributed by atoms with Crippen LogP contribution in [0.15, 0.2) is 18.2 Å². The second-order valence-corrected chi connectivity index (χ2v) is 5.90. The average molecular weight is 278 g/mol. The van der Waals surface area contributed by atoms with Gasteiger partial charge in [-0.25, -0.2) is 4.79 Å². The molecule has 0 fully saturated rings. The van der Waals surface area contributed by atoms with E-state index < -0.39 is 11.7 Å². The topological polar surface area (TPSA) is 58.6 Å². The van der Waals surface area contributed by atoms with Crippen LogP contribution >= 0.6 is 0 Å². The molecule has 0 aliphatic rings. The summed E-state index contributed by atoms with van der Waals surface area (Å²) in [6.45, 7) is 6.06. The first-order valence-corrected chi connectivity index (χ1v) is 6.44. The number of carbonyl (C=O) groups excluding carboxylic acids is 2. The fraction of sp³-hybridized carbons (Fsp3) is 0.467. The molecule has 110 valence electrons. The van der Waals surface area contributed by atoms with Gasteiger partial charge in [-0.15, -0.1) is 0 Å². The van der Waals surface area contributed by atoms with Gasteiger partial charge in [-0.3, -0.25) is 10.1 Å². The van der Waals surface area contributed by atoms with E-state index in [0.717, 1.165) is 11.8 Å². The molecule has 0 spiro atoms. The van der Waals surface area contributed by atoms with Gasteiger partial charge in [-0.2, -0.15) is 0 Å². The van der Waals surface area contributed by atoms with E-state index in [4.69, 9.17) is 4.74 Å². The first-order chi connectivity index (χ1) is 9.21. The maximum Gasteiger partial charge on any atom is 0.412 e. The summed E-state index contributed by atoms with van der Waals surface area (Å²) in [4.78, 5) is 24.7. The molecule has 0 unspecified atom stereocenters. The van der Waals surface area contributed by atoms with E-state index in [0.29, 0.717) is 17.8 Å². The lowest BCUT2D eigenvalue weighted by molar-refractivity contribution is 0.0635. The van der Waals surface area contributed by atoms with Crippen LogP contribution in [0.4, 0.5) is 10.5 Å². The van der Waals surface area contributed by atoms with Crippen molar-refractivity contribution in [1.82, 2.24) is 4.90 Å². The maximum absolute atomic E-state index is 11.8. The van der Waals surface area contributed by atoms with Gasteiger partial charge >= 0.3 is 6.09 Å². The van der Waals surface area contributed by atoms with Crippen molar-refractivity contribution in [2.45, 2.75) is 32.9 Å². The molecular formula is C15H22N2O3. The van der Waals surface area contributed by atoms with Crippen molar-refractivity contribution >= 4 is 18.1 Å². The second kappa shape index (κ2) is 6.52. The minimum Gasteiger partial charge on any atom is -0.444 e. The summed E-state index contributed by atoms with van der Waals surface area (Å²) in [5.74, 6) is 0. The number of anilines is 1. The Morgan fingerprint density at radius 1 is 1.35 bits per heavy atom. The molecule has 1 rings (SSSR count). The van der Waals surface area contributed by atoms with Gasteiger partial charge in [0.05, 0.1) is 0 Å². The SMILES string of the molecule is CN(C)Cc1ccc(C=O)cc1NC(=O)OC(C)(C)C. The number of ether oxygens (including phenoxy) is 1. The van der Waals surface area contributed by atoms with Crippen molar-refractivity contribution in [1.29, 1.82) is 0 Å². The highest BCUT2D eigenvalue weighted by molar-refractivity contribution is 5.88. The summed E-state index contributed by atoms with van der Waals surface area (Å²) in [7, 11) is 3.87. The Balaban J connectivity index is 2.95. The van der Waals surface area contributed by atoms with Crippen LogP contribution in [-0.2, 0) is 11.3 Å². The molecule has 0 heterocycles. The van der Waals surface area contributed by atoms with Crippen LogP contribution < -0.4 is 5.32 Å². The van der Waals surface area contributed by atoms with Crippen LogP contribution in [0.3, 0.4) is 0 Å². The number of carbonyl (C=O) groups is 2. The number of nitrogens with zero attached hydrogens (tertiary/aromatic N) is 1. The van der Waals surface area contributed by atoms with Crippen molar-refractivity contribution in [2.24, 2.45) is 0 Å². The first kappa shape index (κ1) is 16.2. The van der Waals surface area contributed by atoms with Crippen LogP contribution in [0.2, 0.25) is 0 Å². The van der Waals surface area contributed by atoms with Crippen LogP contribution in [-0.4, -0.2) is 37.0 Å². The van der Waals surface area contributed by atoms with Crippen molar-refractivity contribution in [2.75, 3.05) is 19.4 Å². The molecule has 0 atom stereocenters. The third-order valence-electron chi connectivity index (χ3n) is 2.39. The highest BCUT2D eigenvalue weighted by atomic mass is 16.6. The predicted molar refractivity (Wildman–Crippen MR) is 79.1 cm³/mol. The molecule has 0 aliphatic carbocycles. The Morgan fingerprint density at radius 3 is 2.50 bits per heavy atom. The third kappa shape index (κ3) is 5.40. The van der Waals surface area contributed by atoms with Gasteiger partial charge in [0, 0.05) is 17.8 Å². The minimum absolute atomic E-state index is 0.513. The summed E-state index contributed by atoms with van der Waals surface area (Å²) in [5.41, 5.74) is 1.47. The first-order valence-electron chi connectivity index (χ1n) is 6.44. The Hall–Kier alpha value is -1.88. The van der Waals surface area contributed by atoms with Crippen LogP contribution in [0.1, 0.15) is 36.7 Å².